The summed E-state index contributed by atoms with van der Waals surface area (Å²) in [5, 5.41) is 5.69. The number of benzene rings is 2. The maximum atomic E-state index is 5.45. The fourth-order valence-corrected chi connectivity index (χ4v) is 4.23. The van der Waals surface area contributed by atoms with E-state index in [1.54, 1.807) is 25.1 Å². The van der Waals surface area contributed by atoms with Gasteiger partial charge in [0.25, 0.3) is 0 Å². The maximum absolute atomic E-state index is 5.45. The van der Waals surface area contributed by atoms with Gasteiger partial charge in [-0.1, -0.05) is 12.1 Å². The van der Waals surface area contributed by atoms with Crippen LogP contribution in [0.5, 0.6) is 11.5 Å². The summed E-state index contributed by atoms with van der Waals surface area (Å²) in [5.74, 6) is 1.91. The van der Waals surface area contributed by atoms with Gasteiger partial charge in [0.15, 0.2) is 28.6 Å². The topological polar surface area (TPSA) is 66.5 Å². The summed E-state index contributed by atoms with van der Waals surface area (Å²) in [6, 6.07) is 12.0. The van der Waals surface area contributed by atoms with Crippen LogP contribution in [0, 0.1) is 27.7 Å². The van der Waals surface area contributed by atoms with Crippen LogP contribution in [0.1, 0.15) is 22.4 Å². The molecule has 0 unspecified atom stereocenters. The quantitative estimate of drug-likeness (QED) is 0.404. The fraction of sp³-hybridized carbons (Fsp3) is 0.240. The molecule has 0 aliphatic rings. The Balaban J connectivity index is 1.75. The SMILES string of the molecule is COc1ccc(-c2nc3c4c(C)c(C)n(-c5cccc(C)c5C)c4ncn3n2)cc1OC. The van der Waals surface area contributed by atoms with E-state index in [9.17, 15) is 0 Å². The summed E-state index contributed by atoms with van der Waals surface area (Å²) in [5.41, 5.74) is 8.43. The third-order valence-electron chi connectivity index (χ3n) is 6.29. The summed E-state index contributed by atoms with van der Waals surface area (Å²) >= 11 is 0. The van der Waals surface area contributed by atoms with Crippen LogP contribution in [-0.4, -0.2) is 38.4 Å². The molecule has 3 heterocycles. The second-order valence-corrected chi connectivity index (χ2v) is 7.98. The molecule has 5 aromatic rings. The lowest BCUT2D eigenvalue weighted by Gasteiger charge is -2.13. The Morgan fingerprint density at radius 3 is 2.38 bits per heavy atom. The normalized spacial score (nSPS) is 11.4. The third-order valence-corrected chi connectivity index (χ3v) is 6.29. The van der Waals surface area contributed by atoms with Crippen LogP contribution in [0.3, 0.4) is 0 Å². The summed E-state index contributed by atoms with van der Waals surface area (Å²) in [7, 11) is 3.24. The predicted molar refractivity (Wildman–Crippen MR) is 125 cm³/mol. The molecule has 0 spiro atoms. The lowest BCUT2D eigenvalue weighted by atomic mass is 10.1. The Morgan fingerprint density at radius 2 is 1.62 bits per heavy atom. The van der Waals surface area contributed by atoms with Crippen molar-refractivity contribution in [1.29, 1.82) is 0 Å². The second kappa shape index (κ2) is 7.37. The highest BCUT2D eigenvalue weighted by molar-refractivity contribution is 5.95. The largest absolute Gasteiger partial charge is 0.493 e. The van der Waals surface area contributed by atoms with Crippen molar-refractivity contribution in [2.45, 2.75) is 27.7 Å². The van der Waals surface area contributed by atoms with Crippen LogP contribution in [0.4, 0.5) is 0 Å². The van der Waals surface area contributed by atoms with E-state index in [0.29, 0.717) is 17.3 Å². The summed E-state index contributed by atoms with van der Waals surface area (Å²) in [6.45, 7) is 8.52. The Kier molecular flexibility index (Phi) is 4.62. The highest BCUT2D eigenvalue weighted by Crippen LogP contribution is 2.34. The first-order chi connectivity index (χ1) is 15.4. The Bertz CT molecular complexity index is 1500. The van der Waals surface area contributed by atoms with Crippen LogP contribution < -0.4 is 9.47 Å². The van der Waals surface area contributed by atoms with Gasteiger partial charge in [0, 0.05) is 11.3 Å². The molecule has 0 bridgehead atoms. The zero-order valence-electron chi connectivity index (χ0n) is 19.1. The first kappa shape index (κ1) is 20.1. The van der Waals surface area contributed by atoms with Crippen molar-refractivity contribution in [1.82, 2.24) is 24.1 Å². The summed E-state index contributed by atoms with van der Waals surface area (Å²) in [4.78, 5) is 9.68. The maximum Gasteiger partial charge on any atom is 0.182 e. The van der Waals surface area contributed by atoms with Gasteiger partial charge in [-0.25, -0.2) is 14.5 Å². The van der Waals surface area contributed by atoms with Crippen LogP contribution >= 0.6 is 0 Å². The number of hydrogen-bond acceptors (Lipinski definition) is 5. The molecule has 0 N–H and O–H groups in total. The van der Waals surface area contributed by atoms with E-state index in [0.717, 1.165) is 39.2 Å². The van der Waals surface area contributed by atoms with Crippen molar-refractivity contribution in [3.05, 3.63) is 65.1 Å². The molecular formula is C25H25N5O2. The van der Waals surface area contributed by atoms with E-state index in [1.807, 2.05) is 18.2 Å². The number of aromatic nitrogens is 5. The Morgan fingerprint density at radius 1 is 0.844 bits per heavy atom. The van der Waals surface area contributed by atoms with Gasteiger partial charge in [-0.3, -0.25) is 4.57 Å². The van der Waals surface area contributed by atoms with Crippen molar-refractivity contribution in [3.63, 3.8) is 0 Å². The molecule has 0 atom stereocenters. The minimum absolute atomic E-state index is 0.608. The molecule has 7 heteroatoms. The van der Waals surface area contributed by atoms with E-state index in [-0.39, 0.29) is 0 Å². The van der Waals surface area contributed by atoms with Gasteiger partial charge in [-0.05, 0) is 68.7 Å². The molecule has 5 rings (SSSR count). The second-order valence-electron chi connectivity index (χ2n) is 7.98. The minimum atomic E-state index is 0.608. The molecule has 7 nitrogen and oxygen atoms in total. The molecule has 0 aliphatic heterocycles. The van der Waals surface area contributed by atoms with Crippen molar-refractivity contribution in [2.24, 2.45) is 0 Å². The van der Waals surface area contributed by atoms with Crippen LogP contribution in [0.25, 0.3) is 33.8 Å². The van der Waals surface area contributed by atoms with E-state index in [1.165, 1.54) is 11.1 Å². The first-order valence-corrected chi connectivity index (χ1v) is 10.5. The molecule has 0 saturated heterocycles. The lowest BCUT2D eigenvalue weighted by molar-refractivity contribution is 0.355. The number of aryl methyl sites for hydroxylation is 2. The predicted octanol–water partition coefficient (Wildman–Crippen LogP) is 4.99. The first-order valence-electron chi connectivity index (χ1n) is 10.5. The van der Waals surface area contributed by atoms with Gasteiger partial charge < -0.3 is 9.47 Å². The minimum Gasteiger partial charge on any atom is -0.493 e. The van der Waals surface area contributed by atoms with Crippen LogP contribution in [0.15, 0.2) is 42.7 Å². The van der Waals surface area contributed by atoms with Crippen molar-refractivity contribution in [2.75, 3.05) is 14.2 Å². The smallest absolute Gasteiger partial charge is 0.182 e. The number of rotatable bonds is 4. The lowest BCUT2D eigenvalue weighted by Crippen LogP contribution is -2.02. The van der Waals surface area contributed by atoms with Crippen molar-refractivity contribution in [3.8, 4) is 28.6 Å². The molecule has 0 amide bonds. The average molecular weight is 428 g/mol. The average Bonchev–Trinajstić information content (AvgIpc) is 3.34. The number of ether oxygens (including phenoxy) is 2. The van der Waals surface area contributed by atoms with E-state index < -0.39 is 0 Å². The standard InChI is InChI=1S/C25H25N5O2/c1-14-8-7-9-19(15(14)2)30-17(4)16(3)22-24(30)26-13-29-25(22)27-23(28-29)18-10-11-20(31-5)21(12-18)32-6/h7-13H,1-6H3. The molecule has 0 saturated carbocycles. The highest BCUT2D eigenvalue weighted by Gasteiger charge is 2.20. The van der Waals surface area contributed by atoms with Gasteiger partial charge in [-0.2, -0.15) is 0 Å². The van der Waals surface area contributed by atoms with E-state index in [2.05, 4.69) is 55.6 Å². The monoisotopic (exact) mass is 427 g/mol. The molecule has 0 fully saturated rings. The van der Waals surface area contributed by atoms with Gasteiger partial charge in [0.1, 0.15) is 6.33 Å². The molecule has 2 aromatic carbocycles. The molecular weight excluding hydrogens is 402 g/mol. The van der Waals surface area contributed by atoms with Gasteiger partial charge in [0.2, 0.25) is 0 Å². The number of nitrogens with zero attached hydrogens (tertiary/aromatic N) is 5. The van der Waals surface area contributed by atoms with Gasteiger partial charge in [-0.15, -0.1) is 5.10 Å². The van der Waals surface area contributed by atoms with Gasteiger partial charge in [0.05, 0.1) is 25.3 Å². The Hall–Kier alpha value is -3.87. The molecule has 0 radical (unpaired) electrons. The van der Waals surface area contributed by atoms with E-state index >= 15 is 0 Å². The zero-order chi connectivity index (χ0) is 22.6. The molecule has 162 valence electrons. The zero-order valence-corrected chi connectivity index (χ0v) is 19.1. The van der Waals surface area contributed by atoms with Crippen LogP contribution in [-0.2, 0) is 0 Å². The molecule has 32 heavy (non-hydrogen) atoms. The Labute approximate surface area is 186 Å². The fourth-order valence-electron chi connectivity index (χ4n) is 4.23. The van der Waals surface area contributed by atoms with Gasteiger partial charge >= 0.3 is 0 Å². The van der Waals surface area contributed by atoms with Crippen molar-refractivity contribution < 1.29 is 9.47 Å². The highest BCUT2D eigenvalue weighted by atomic mass is 16.5. The van der Waals surface area contributed by atoms with Crippen LogP contribution in [0.2, 0.25) is 0 Å². The number of hydrogen-bond donors (Lipinski definition) is 0. The third kappa shape index (κ3) is 2.85. The molecule has 0 aliphatic carbocycles. The molecule has 3 aromatic heterocycles. The van der Waals surface area contributed by atoms with E-state index in [4.69, 9.17) is 19.4 Å². The number of methoxy groups -OCH3 is 2. The summed E-state index contributed by atoms with van der Waals surface area (Å²) < 4.78 is 14.8. The van der Waals surface area contributed by atoms with Crippen molar-refractivity contribution >= 4 is 16.7 Å². The number of fused-ring (bicyclic) bond motifs is 3. The summed E-state index contributed by atoms with van der Waals surface area (Å²) in [6.07, 6.45) is 1.73.